The van der Waals surface area contributed by atoms with Crippen LogP contribution in [-0.2, 0) is 6.42 Å². The number of aromatic nitrogens is 2. The molecule has 190 valence electrons. The Balaban J connectivity index is 1.74. The van der Waals surface area contributed by atoms with Gasteiger partial charge in [0.05, 0.1) is 22.1 Å². The molecule has 0 fully saturated rings. The van der Waals surface area contributed by atoms with Gasteiger partial charge in [-0.05, 0) is 65.6 Å². The molecule has 0 amide bonds. The van der Waals surface area contributed by atoms with Crippen molar-refractivity contribution in [1.29, 1.82) is 0 Å². The fourth-order valence-corrected chi connectivity index (χ4v) is 6.95. The molecular weight excluding hydrogens is 484 g/mol. The Morgan fingerprint density at radius 1 is 0.725 bits per heavy atom. The molecule has 2 nitrogen and oxygen atoms in total. The van der Waals surface area contributed by atoms with Gasteiger partial charge in [-0.25, -0.2) is 0 Å². The lowest BCUT2D eigenvalue weighted by atomic mass is 9.95. The molecule has 1 aliphatic rings. The van der Waals surface area contributed by atoms with E-state index >= 15 is 0 Å². The smallest absolute Gasteiger partial charge is 0.0647 e. The van der Waals surface area contributed by atoms with Crippen molar-refractivity contribution in [2.24, 2.45) is 0 Å². The fourth-order valence-electron chi connectivity index (χ4n) is 6.95. The van der Waals surface area contributed by atoms with E-state index in [4.69, 9.17) is 0 Å². The number of benzene rings is 5. The van der Waals surface area contributed by atoms with Crippen LogP contribution >= 0.6 is 0 Å². The lowest BCUT2D eigenvalue weighted by molar-refractivity contribution is 1.15. The third kappa shape index (κ3) is 2.99. The molecule has 40 heavy (non-hydrogen) atoms. The van der Waals surface area contributed by atoms with Gasteiger partial charge in [0, 0.05) is 39.4 Å². The summed E-state index contributed by atoms with van der Waals surface area (Å²) in [6.07, 6.45) is 9.24. The minimum absolute atomic E-state index is 0.921. The Morgan fingerprint density at radius 2 is 1.40 bits per heavy atom. The molecule has 2 aromatic heterocycles. The van der Waals surface area contributed by atoms with Gasteiger partial charge in [-0.15, -0.1) is 0 Å². The molecule has 0 bridgehead atoms. The summed E-state index contributed by atoms with van der Waals surface area (Å²) >= 11 is 0. The van der Waals surface area contributed by atoms with E-state index in [9.17, 15) is 0 Å². The number of hydrogen-bond donors (Lipinski definition) is 0. The first-order valence-corrected chi connectivity index (χ1v) is 13.9. The Morgan fingerprint density at radius 3 is 2.17 bits per heavy atom. The predicted octanol–water partition coefficient (Wildman–Crippen LogP) is 10.1. The molecule has 0 unspecified atom stereocenters. The van der Waals surface area contributed by atoms with Crippen LogP contribution in [0, 0.1) is 0 Å². The summed E-state index contributed by atoms with van der Waals surface area (Å²) in [6.45, 7) is 6.15. The van der Waals surface area contributed by atoms with Gasteiger partial charge in [-0.3, -0.25) is 0 Å². The first kappa shape index (κ1) is 22.9. The monoisotopic (exact) mass is 512 g/mol. The topological polar surface area (TPSA) is 9.86 Å². The normalized spacial score (nSPS) is 13.2. The van der Waals surface area contributed by atoms with E-state index in [-0.39, 0.29) is 0 Å². The Kier molecular flexibility index (Phi) is 4.99. The van der Waals surface area contributed by atoms with Crippen molar-refractivity contribution in [3.05, 3.63) is 145 Å². The summed E-state index contributed by atoms with van der Waals surface area (Å²) in [4.78, 5) is 0. The van der Waals surface area contributed by atoms with Crippen molar-refractivity contribution >= 4 is 49.3 Å². The summed E-state index contributed by atoms with van der Waals surface area (Å²) in [7, 11) is 0. The highest BCUT2D eigenvalue weighted by atomic mass is 15.0. The average Bonchev–Trinajstić information content (AvgIpc) is 3.65. The zero-order valence-corrected chi connectivity index (χ0v) is 22.4. The largest absolute Gasteiger partial charge is 0.309 e. The third-order valence-electron chi connectivity index (χ3n) is 8.38. The molecule has 5 aromatic carbocycles. The van der Waals surface area contributed by atoms with Crippen LogP contribution in [0.2, 0.25) is 0 Å². The predicted molar refractivity (Wildman–Crippen MR) is 171 cm³/mol. The van der Waals surface area contributed by atoms with Crippen LogP contribution < -0.4 is 0 Å². The maximum absolute atomic E-state index is 4.07. The standard InChI is InChI=1S/C38H28N2/c1-3-14-26(15-4-2)40-32-22-12-10-20-29(32)35-34-28-19-9-8-16-25(28)24-31(34)37-36(38(35)40)30-21-11-13-23-33(30)39(37)27-17-6-5-7-18-27/h3-23H,1,24H2,2H3/b15-4-,26-14+. The van der Waals surface area contributed by atoms with Crippen LogP contribution in [0.3, 0.4) is 0 Å². The minimum Gasteiger partial charge on any atom is -0.309 e. The molecule has 0 saturated heterocycles. The number of nitrogens with zero attached hydrogens (tertiary/aromatic N) is 2. The van der Waals surface area contributed by atoms with Crippen molar-refractivity contribution in [2.75, 3.05) is 0 Å². The zero-order valence-electron chi connectivity index (χ0n) is 22.4. The molecule has 8 rings (SSSR count). The molecule has 2 heteroatoms. The molecule has 0 spiro atoms. The highest BCUT2D eigenvalue weighted by Gasteiger charge is 2.31. The number of rotatable bonds is 4. The number of para-hydroxylation sites is 3. The van der Waals surface area contributed by atoms with Gasteiger partial charge in [0.2, 0.25) is 0 Å². The summed E-state index contributed by atoms with van der Waals surface area (Å²) in [5, 5.41) is 5.19. The van der Waals surface area contributed by atoms with Crippen LogP contribution in [0.1, 0.15) is 18.1 Å². The van der Waals surface area contributed by atoms with E-state index in [1.54, 1.807) is 0 Å². The lowest BCUT2D eigenvalue weighted by Crippen LogP contribution is -1.99. The Labute approximate surface area is 233 Å². The molecule has 2 heterocycles. The van der Waals surface area contributed by atoms with Crippen LogP contribution in [-0.4, -0.2) is 9.13 Å². The first-order chi connectivity index (χ1) is 19.8. The van der Waals surface area contributed by atoms with Crippen molar-refractivity contribution < 1.29 is 0 Å². The van der Waals surface area contributed by atoms with Gasteiger partial charge in [-0.1, -0.05) is 97.6 Å². The third-order valence-corrected chi connectivity index (χ3v) is 8.38. The van der Waals surface area contributed by atoms with E-state index in [0.29, 0.717) is 0 Å². The quantitative estimate of drug-likeness (QED) is 0.208. The van der Waals surface area contributed by atoms with E-state index in [1.807, 2.05) is 6.08 Å². The number of hydrogen-bond acceptors (Lipinski definition) is 0. The first-order valence-electron chi connectivity index (χ1n) is 13.9. The molecule has 0 atom stereocenters. The summed E-state index contributed by atoms with van der Waals surface area (Å²) in [5.74, 6) is 0. The van der Waals surface area contributed by atoms with Crippen molar-refractivity contribution in [1.82, 2.24) is 9.13 Å². The van der Waals surface area contributed by atoms with Crippen LogP contribution in [0.15, 0.2) is 134 Å². The van der Waals surface area contributed by atoms with Crippen molar-refractivity contribution in [3.63, 3.8) is 0 Å². The second-order valence-electron chi connectivity index (χ2n) is 10.5. The van der Waals surface area contributed by atoms with Gasteiger partial charge < -0.3 is 9.13 Å². The van der Waals surface area contributed by atoms with Gasteiger partial charge in [0.15, 0.2) is 0 Å². The molecule has 0 saturated carbocycles. The summed E-state index contributed by atoms with van der Waals surface area (Å²) < 4.78 is 4.95. The van der Waals surface area contributed by atoms with Gasteiger partial charge >= 0.3 is 0 Å². The SMILES string of the molecule is C=C/C=C(\C=C/C)n1c2ccccc2c2c3c(c4c(c5ccccc5n4-c4ccccc4)c21)Cc1ccccc1-3. The lowest BCUT2D eigenvalue weighted by Gasteiger charge is -2.14. The maximum Gasteiger partial charge on any atom is 0.0647 e. The molecule has 1 aliphatic carbocycles. The van der Waals surface area contributed by atoms with Crippen LogP contribution in [0.5, 0.6) is 0 Å². The number of allylic oxidation sites excluding steroid dienone is 5. The molecular formula is C38H28N2. The molecule has 0 N–H and O–H groups in total. The molecule has 0 radical (unpaired) electrons. The van der Waals surface area contributed by atoms with E-state index in [0.717, 1.165) is 12.1 Å². The molecule has 0 aliphatic heterocycles. The van der Waals surface area contributed by atoms with E-state index < -0.39 is 0 Å². The highest BCUT2D eigenvalue weighted by molar-refractivity contribution is 6.32. The van der Waals surface area contributed by atoms with E-state index in [2.05, 4.69) is 144 Å². The van der Waals surface area contributed by atoms with Gasteiger partial charge in [0.1, 0.15) is 0 Å². The summed E-state index contributed by atoms with van der Waals surface area (Å²) in [6, 6.07) is 37.5. The summed E-state index contributed by atoms with van der Waals surface area (Å²) in [5.41, 5.74) is 12.8. The van der Waals surface area contributed by atoms with Gasteiger partial charge in [0.25, 0.3) is 0 Å². The van der Waals surface area contributed by atoms with Crippen LogP contribution in [0.25, 0.3) is 66.1 Å². The fraction of sp³-hybridized carbons (Fsp3) is 0.0526. The highest BCUT2D eigenvalue weighted by Crippen LogP contribution is 2.52. The molecule has 7 aromatic rings. The Bertz CT molecular complexity index is 2200. The second kappa shape index (κ2) is 8.72. The van der Waals surface area contributed by atoms with Crippen molar-refractivity contribution in [2.45, 2.75) is 13.3 Å². The zero-order chi connectivity index (χ0) is 26.8. The second-order valence-corrected chi connectivity index (χ2v) is 10.5. The Hall–Kier alpha value is -5.08. The van der Waals surface area contributed by atoms with Gasteiger partial charge in [-0.2, -0.15) is 0 Å². The number of fused-ring (bicyclic) bond motifs is 12. The average molecular weight is 513 g/mol. The minimum atomic E-state index is 0.921. The van der Waals surface area contributed by atoms with Crippen molar-refractivity contribution in [3.8, 4) is 16.8 Å². The van der Waals surface area contributed by atoms with E-state index in [1.165, 1.54) is 71.6 Å². The van der Waals surface area contributed by atoms with Crippen LogP contribution in [0.4, 0.5) is 0 Å². The maximum atomic E-state index is 4.07.